The van der Waals surface area contributed by atoms with Crippen molar-refractivity contribution < 1.29 is 0 Å². The molecule has 1 N–H and O–H groups in total. The van der Waals surface area contributed by atoms with Gasteiger partial charge in [-0.25, -0.2) is 0 Å². The first kappa shape index (κ1) is 14.6. The molecule has 0 aliphatic heterocycles. The molecule has 0 bridgehead atoms. The van der Waals surface area contributed by atoms with Gasteiger partial charge in [0, 0.05) is 10.2 Å². The fraction of sp³-hybridized carbons (Fsp3) is 0.235. The quantitative estimate of drug-likeness (QED) is 0.843. The summed E-state index contributed by atoms with van der Waals surface area (Å²) in [5, 5.41) is 12.6. The summed E-state index contributed by atoms with van der Waals surface area (Å²) < 4.78 is 1.04. The zero-order valence-corrected chi connectivity index (χ0v) is 13.0. The molecule has 0 amide bonds. The molecule has 2 rings (SSSR count). The highest BCUT2D eigenvalue weighted by atomic mass is 79.9. The topological polar surface area (TPSA) is 35.8 Å². The second-order valence-corrected chi connectivity index (χ2v) is 5.80. The molecule has 0 heterocycles. The van der Waals surface area contributed by atoms with Crippen molar-refractivity contribution in [2.45, 2.75) is 25.3 Å². The van der Waals surface area contributed by atoms with Crippen molar-refractivity contribution >= 4 is 21.6 Å². The number of nitrogens with one attached hydrogen (secondary N) is 1. The molecule has 3 heteroatoms. The van der Waals surface area contributed by atoms with Crippen LogP contribution in [0.3, 0.4) is 0 Å². The standard InChI is InChI=1S/C17H17BrN2/c1-13(14-5-3-2-4-6-14)11-17(12-19)20-16-9-7-15(18)8-10-16/h2-10,13,17,20H,11H2,1H3. The molecule has 0 saturated heterocycles. The molecular formula is C17H17BrN2. The van der Waals surface area contributed by atoms with Gasteiger partial charge in [-0.2, -0.15) is 5.26 Å². The van der Waals surface area contributed by atoms with Gasteiger partial charge in [0.2, 0.25) is 0 Å². The Bertz CT molecular complexity index is 572. The average Bonchev–Trinajstić information content (AvgIpc) is 2.49. The van der Waals surface area contributed by atoms with E-state index in [0.717, 1.165) is 16.6 Å². The number of nitrogens with zero attached hydrogens (tertiary/aromatic N) is 1. The monoisotopic (exact) mass is 328 g/mol. The highest BCUT2D eigenvalue weighted by molar-refractivity contribution is 9.10. The normalized spacial score (nSPS) is 13.2. The van der Waals surface area contributed by atoms with Crippen molar-refractivity contribution in [3.63, 3.8) is 0 Å². The van der Waals surface area contributed by atoms with Gasteiger partial charge in [-0.3, -0.25) is 0 Å². The van der Waals surface area contributed by atoms with E-state index in [9.17, 15) is 5.26 Å². The molecular weight excluding hydrogens is 312 g/mol. The van der Waals surface area contributed by atoms with Crippen LogP contribution in [0.2, 0.25) is 0 Å². The Kier molecular flexibility index (Phi) is 5.20. The number of halogens is 1. The Labute approximate surface area is 128 Å². The molecule has 2 nitrogen and oxygen atoms in total. The summed E-state index contributed by atoms with van der Waals surface area (Å²) in [7, 11) is 0. The van der Waals surface area contributed by atoms with Gasteiger partial charge in [0.25, 0.3) is 0 Å². The molecule has 2 aromatic carbocycles. The van der Waals surface area contributed by atoms with Crippen molar-refractivity contribution in [3.8, 4) is 6.07 Å². The van der Waals surface area contributed by atoms with Crippen LogP contribution in [0.25, 0.3) is 0 Å². The van der Waals surface area contributed by atoms with Gasteiger partial charge in [-0.1, -0.05) is 53.2 Å². The van der Waals surface area contributed by atoms with Crippen molar-refractivity contribution in [2.75, 3.05) is 5.32 Å². The van der Waals surface area contributed by atoms with Gasteiger partial charge in [0.15, 0.2) is 0 Å². The van der Waals surface area contributed by atoms with Gasteiger partial charge >= 0.3 is 0 Å². The molecule has 0 aliphatic carbocycles. The molecule has 20 heavy (non-hydrogen) atoms. The zero-order chi connectivity index (χ0) is 14.4. The van der Waals surface area contributed by atoms with Gasteiger partial charge in [0.1, 0.15) is 6.04 Å². The van der Waals surface area contributed by atoms with Crippen LogP contribution < -0.4 is 5.32 Å². The van der Waals surface area contributed by atoms with Crippen LogP contribution in [0.1, 0.15) is 24.8 Å². The second-order valence-electron chi connectivity index (χ2n) is 4.88. The van der Waals surface area contributed by atoms with Gasteiger partial charge in [-0.05, 0) is 42.2 Å². The van der Waals surface area contributed by atoms with Crippen LogP contribution in [0.4, 0.5) is 5.69 Å². The largest absolute Gasteiger partial charge is 0.370 e. The highest BCUT2D eigenvalue weighted by Crippen LogP contribution is 2.22. The molecule has 0 spiro atoms. The minimum atomic E-state index is -0.189. The van der Waals surface area contributed by atoms with Crippen LogP contribution in [0.5, 0.6) is 0 Å². The maximum Gasteiger partial charge on any atom is 0.115 e. The molecule has 102 valence electrons. The van der Waals surface area contributed by atoms with Crippen LogP contribution in [-0.2, 0) is 0 Å². The summed E-state index contributed by atoms with van der Waals surface area (Å²) in [5.74, 6) is 0.351. The molecule has 0 radical (unpaired) electrons. The predicted molar refractivity (Wildman–Crippen MR) is 86.6 cm³/mol. The van der Waals surface area contributed by atoms with Crippen molar-refractivity contribution in [1.82, 2.24) is 0 Å². The summed E-state index contributed by atoms with van der Waals surface area (Å²) in [6, 6.07) is 20.3. The van der Waals surface area contributed by atoms with E-state index in [2.05, 4.69) is 46.4 Å². The summed E-state index contributed by atoms with van der Waals surface area (Å²) in [6.07, 6.45) is 0.788. The summed E-state index contributed by atoms with van der Waals surface area (Å²) >= 11 is 3.41. The first-order valence-electron chi connectivity index (χ1n) is 6.65. The summed E-state index contributed by atoms with van der Waals surface area (Å²) in [6.45, 7) is 2.16. The summed E-state index contributed by atoms with van der Waals surface area (Å²) in [4.78, 5) is 0. The van der Waals surface area contributed by atoms with Crippen LogP contribution in [0.15, 0.2) is 59.1 Å². The second kappa shape index (κ2) is 7.12. The number of rotatable bonds is 5. The Morgan fingerprint density at radius 1 is 1.10 bits per heavy atom. The Hall–Kier alpha value is -1.79. The van der Waals surface area contributed by atoms with Crippen LogP contribution in [-0.4, -0.2) is 6.04 Å². The molecule has 0 saturated carbocycles. The number of benzene rings is 2. The van der Waals surface area contributed by atoms with E-state index in [0.29, 0.717) is 5.92 Å². The Balaban J connectivity index is 1.99. The lowest BCUT2D eigenvalue weighted by Gasteiger charge is -2.18. The van der Waals surface area contributed by atoms with E-state index >= 15 is 0 Å². The maximum atomic E-state index is 9.32. The van der Waals surface area contributed by atoms with E-state index in [1.165, 1.54) is 5.56 Å². The predicted octanol–water partition coefficient (Wildman–Crippen LogP) is 4.95. The lowest BCUT2D eigenvalue weighted by molar-refractivity contribution is 0.652. The Morgan fingerprint density at radius 2 is 1.75 bits per heavy atom. The first-order chi connectivity index (χ1) is 9.69. The van der Waals surface area contributed by atoms with E-state index in [1.807, 2.05) is 42.5 Å². The third-order valence-electron chi connectivity index (χ3n) is 3.30. The van der Waals surface area contributed by atoms with Crippen LogP contribution in [0, 0.1) is 11.3 Å². The zero-order valence-electron chi connectivity index (χ0n) is 11.4. The lowest BCUT2D eigenvalue weighted by Crippen LogP contribution is -2.19. The molecule has 0 aliphatic rings. The van der Waals surface area contributed by atoms with Gasteiger partial charge in [-0.15, -0.1) is 0 Å². The minimum absolute atomic E-state index is 0.189. The molecule has 2 atom stereocenters. The third kappa shape index (κ3) is 4.11. The van der Waals surface area contributed by atoms with E-state index in [4.69, 9.17) is 0 Å². The van der Waals surface area contributed by atoms with E-state index in [-0.39, 0.29) is 6.04 Å². The maximum absolute atomic E-state index is 9.32. The Morgan fingerprint density at radius 3 is 2.35 bits per heavy atom. The molecule has 0 fully saturated rings. The fourth-order valence-corrected chi connectivity index (χ4v) is 2.43. The molecule has 0 aromatic heterocycles. The smallest absolute Gasteiger partial charge is 0.115 e. The number of hydrogen-bond acceptors (Lipinski definition) is 2. The number of anilines is 1. The van der Waals surface area contributed by atoms with E-state index in [1.54, 1.807) is 0 Å². The van der Waals surface area contributed by atoms with Crippen molar-refractivity contribution in [1.29, 1.82) is 5.26 Å². The van der Waals surface area contributed by atoms with Gasteiger partial charge < -0.3 is 5.32 Å². The fourth-order valence-electron chi connectivity index (χ4n) is 2.16. The SMILES string of the molecule is CC(CC(C#N)Nc1ccc(Br)cc1)c1ccccc1. The number of nitriles is 1. The first-order valence-corrected chi connectivity index (χ1v) is 7.45. The minimum Gasteiger partial charge on any atom is -0.370 e. The third-order valence-corrected chi connectivity index (χ3v) is 3.83. The van der Waals surface area contributed by atoms with Crippen molar-refractivity contribution in [2.24, 2.45) is 0 Å². The van der Waals surface area contributed by atoms with E-state index < -0.39 is 0 Å². The lowest BCUT2D eigenvalue weighted by atomic mass is 9.94. The highest BCUT2D eigenvalue weighted by Gasteiger charge is 2.13. The molecule has 2 unspecified atom stereocenters. The summed E-state index contributed by atoms with van der Waals surface area (Å²) in [5.41, 5.74) is 2.24. The van der Waals surface area contributed by atoms with Crippen molar-refractivity contribution in [3.05, 3.63) is 64.6 Å². The van der Waals surface area contributed by atoms with Gasteiger partial charge in [0.05, 0.1) is 6.07 Å². The van der Waals surface area contributed by atoms with Crippen LogP contribution >= 0.6 is 15.9 Å². The number of hydrogen-bond donors (Lipinski definition) is 1. The molecule has 2 aromatic rings. The average molecular weight is 329 g/mol.